The standard InChI is InChI=1S/C11H12N2O2/c1-8(14)12-11-7-10(15-13-11)9-5-3-2-4-6-9/h2-6,10H,7H2,1H3,(H,12,13,14). The third kappa shape index (κ3) is 2.34. The van der Waals surface area contributed by atoms with E-state index in [9.17, 15) is 4.79 Å². The van der Waals surface area contributed by atoms with Gasteiger partial charge >= 0.3 is 0 Å². The first-order valence-corrected chi connectivity index (χ1v) is 4.81. The summed E-state index contributed by atoms with van der Waals surface area (Å²) in [5, 5.41) is 6.45. The van der Waals surface area contributed by atoms with Crippen LogP contribution in [0.2, 0.25) is 0 Å². The molecule has 78 valence electrons. The second kappa shape index (κ2) is 4.13. The number of oxime groups is 1. The highest BCUT2D eigenvalue weighted by molar-refractivity contribution is 5.97. The molecule has 1 aromatic carbocycles. The summed E-state index contributed by atoms with van der Waals surface area (Å²) in [5.41, 5.74) is 1.07. The van der Waals surface area contributed by atoms with E-state index in [2.05, 4.69) is 10.5 Å². The number of amides is 1. The van der Waals surface area contributed by atoms with E-state index in [0.29, 0.717) is 12.3 Å². The van der Waals surface area contributed by atoms with E-state index in [1.165, 1.54) is 6.92 Å². The van der Waals surface area contributed by atoms with E-state index in [-0.39, 0.29) is 12.0 Å². The number of hydrogen-bond acceptors (Lipinski definition) is 3. The first-order valence-electron chi connectivity index (χ1n) is 4.81. The molecular formula is C11H12N2O2. The van der Waals surface area contributed by atoms with Crippen LogP contribution in [-0.2, 0) is 9.63 Å². The Labute approximate surface area is 87.9 Å². The van der Waals surface area contributed by atoms with Crippen LogP contribution in [-0.4, -0.2) is 11.7 Å². The third-order valence-corrected chi connectivity index (χ3v) is 2.16. The minimum Gasteiger partial charge on any atom is -0.386 e. The average molecular weight is 204 g/mol. The lowest BCUT2D eigenvalue weighted by atomic mass is 10.1. The highest BCUT2D eigenvalue weighted by Gasteiger charge is 2.22. The summed E-state index contributed by atoms with van der Waals surface area (Å²) in [6, 6.07) is 9.83. The van der Waals surface area contributed by atoms with Gasteiger partial charge in [-0.1, -0.05) is 35.5 Å². The second-order valence-corrected chi connectivity index (χ2v) is 3.43. The molecular weight excluding hydrogens is 192 g/mol. The van der Waals surface area contributed by atoms with Crippen molar-refractivity contribution in [2.75, 3.05) is 0 Å². The molecule has 2 rings (SSSR count). The predicted molar refractivity (Wildman–Crippen MR) is 56.1 cm³/mol. The SMILES string of the molecule is CC(=O)NC1=NOC(c2ccccc2)C1. The Bertz CT molecular complexity index is 387. The molecule has 0 aliphatic carbocycles. The van der Waals surface area contributed by atoms with Crippen LogP contribution in [0.5, 0.6) is 0 Å². The second-order valence-electron chi connectivity index (χ2n) is 3.43. The number of rotatable bonds is 1. The van der Waals surface area contributed by atoms with Gasteiger partial charge in [0.1, 0.15) is 0 Å². The summed E-state index contributed by atoms with van der Waals surface area (Å²) < 4.78 is 0. The Kier molecular flexibility index (Phi) is 2.67. The molecule has 0 fully saturated rings. The van der Waals surface area contributed by atoms with Gasteiger partial charge in [-0.3, -0.25) is 4.79 Å². The van der Waals surface area contributed by atoms with Gasteiger partial charge in [0, 0.05) is 6.92 Å². The van der Waals surface area contributed by atoms with E-state index < -0.39 is 0 Å². The number of nitrogens with one attached hydrogen (secondary N) is 1. The Morgan fingerprint density at radius 2 is 2.20 bits per heavy atom. The molecule has 0 spiro atoms. The number of hydrogen-bond donors (Lipinski definition) is 1. The van der Waals surface area contributed by atoms with Crippen LogP contribution in [0.1, 0.15) is 25.0 Å². The van der Waals surface area contributed by atoms with E-state index in [1.54, 1.807) is 0 Å². The lowest BCUT2D eigenvalue weighted by Gasteiger charge is -2.07. The molecule has 4 nitrogen and oxygen atoms in total. The maximum atomic E-state index is 10.8. The van der Waals surface area contributed by atoms with Crippen molar-refractivity contribution in [2.24, 2.45) is 5.16 Å². The number of amidine groups is 1. The van der Waals surface area contributed by atoms with Crippen molar-refractivity contribution in [3.8, 4) is 0 Å². The number of carbonyl (C=O) groups is 1. The van der Waals surface area contributed by atoms with E-state index in [1.807, 2.05) is 30.3 Å². The normalized spacial score (nSPS) is 19.3. The van der Waals surface area contributed by atoms with Crippen molar-refractivity contribution in [1.29, 1.82) is 0 Å². The molecule has 1 atom stereocenters. The van der Waals surface area contributed by atoms with Crippen LogP contribution >= 0.6 is 0 Å². The van der Waals surface area contributed by atoms with Crippen LogP contribution < -0.4 is 5.32 Å². The van der Waals surface area contributed by atoms with Crippen molar-refractivity contribution in [3.05, 3.63) is 35.9 Å². The predicted octanol–water partition coefficient (Wildman–Crippen LogP) is 1.60. The third-order valence-electron chi connectivity index (χ3n) is 2.16. The largest absolute Gasteiger partial charge is 0.386 e. The molecule has 1 amide bonds. The number of carbonyl (C=O) groups excluding carboxylic acids is 1. The van der Waals surface area contributed by atoms with Crippen molar-refractivity contribution in [3.63, 3.8) is 0 Å². The fourth-order valence-corrected chi connectivity index (χ4v) is 1.50. The molecule has 0 aromatic heterocycles. The topological polar surface area (TPSA) is 50.7 Å². The summed E-state index contributed by atoms with van der Waals surface area (Å²) in [6.45, 7) is 1.46. The lowest BCUT2D eigenvalue weighted by Crippen LogP contribution is -2.26. The van der Waals surface area contributed by atoms with E-state index >= 15 is 0 Å². The zero-order chi connectivity index (χ0) is 10.7. The molecule has 1 N–H and O–H groups in total. The molecule has 1 aliphatic heterocycles. The molecule has 4 heteroatoms. The van der Waals surface area contributed by atoms with Crippen LogP contribution in [0.15, 0.2) is 35.5 Å². The zero-order valence-electron chi connectivity index (χ0n) is 8.43. The van der Waals surface area contributed by atoms with E-state index in [4.69, 9.17) is 4.84 Å². The summed E-state index contributed by atoms with van der Waals surface area (Å²) >= 11 is 0. The Morgan fingerprint density at radius 1 is 1.47 bits per heavy atom. The van der Waals surface area contributed by atoms with Gasteiger partial charge in [0.2, 0.25) is 5.91 Å². The Balaban J connectivity index is 1.99. The number of benzene rings is 1. The minimum absolute atomic E-state index is 0.0759. The van der Waals surface area contributed by atoms with Gasteiger partial charge in [0.25, 0.3) is 0 Å². The van der Waals surface area contributed by atoms with Gasteiger partial charge in [-0.2, -0.15) is 0 Å². The summed E-state index contributed by atoms with van der Waals surface area (Å²) in [6.07, 6.45) is 0.539. The molecule has 0 saturated heterocycles. The van der Waals surface area contributed by atoms with Gasteiger partial charge in [0.05, 0.1) is 6.42 Å². The molecule has 0 saturated carbocycles. The maximum absolute atomic E-state index is 10.8. The van der Waals surface area contributed by atoms with E-state index in [0.717, 1.165) is 5.56 Å². The van der Waals surface area contributed by atoms with Crippen LogP contribution in [0.25, 0.3) is 0 Å². The van der Waals surface area contributed by atoms with Crippen molar-refractivity contribution in [2.45, 2.75) is 19.4 Å². The van der Waals surface area contributed by atoms with Gasteiger partial charge in [-0.25, -0.2) is 0 Å². The Morgan fingerprint density at radius 3 is 2.87 bits per heavy atom. The van der Waals surface area contributed by atoms with Gasteiger partial charge < -0.3 is 10.2 Å². The molecule has 0 radical (unpaired) electrons. The number of nitrogens with zero attached hydrogens (tertiary/aromatic N) is 1. The smallest absolute Gasteiger partial charge is 0.222 e. The van der Waals surface area contributed by atoms with Crippen molar-refractivity contribution in [1.82, 2.24) is 5.32 Å². The van der Waals surface area contributed by atoms with Crippen LogP contribution in [0.4, 0.5) is 0 Å². The van der Waals surface area contributed by atoms with Crippen LogP contribution in [0, 0.1) is 0 Å². The van der Waals surface area contributed by atoms with Crippen LogP contribution in [0.3, 0.4) is 0 Å². The van der Waals surface area contributed by atoms with Gasteiger partial charge in [-0.15, -0.1) is 0 Å². The molecule has 15 heavy (non-hydrogen) atoms. The van der Waals surface area contributed by atoms with Gasteiger partial charge in [-0.05, 0) is 5.56 Å². The molecule has 0 bridgehead atoms. The Hall–Kier alpha value is -1.84. The fraction of sp³-hybridized carbons (Fsp3) is 0.273. The fourth-order valence-electron chi connectivity index (χ4n) is 1.50. The van der Waals surface area contributed by atoms with Crippen molar-refractivity contribution >= 4 is 11.7 Å². The first kappa shape index (κ1) is 9.71. The van der Waals surface area contributed by atoms with Gasteiger partial charge in [0.15, 0.2) is 11.9 Å². The molecule has 1 aromatic rings. The highest BCUT2D eigenvalue weighted by Crippen LogP contribution is 2.25. The lowest BCUT2D eigenvalue weighted by molar-refractivity contribution is -0.117. The first-order chi connectivity index (χ1) is 7.25. The zero-order valence-corrected chi connectivity index (χ0v) is 8.43. The maximum Gasteiger partial charge on any atom is 0.222 e. The van der Waals surface area contributed by atoms with Crippen molar-refractivity contribution < 1.29 is 9.63 Å². The summed E-state index contributed by atoms with van der Waals surface area (Å²) in [5.74, 6) is 0.474. The summed E-state index contributed by atoms with van der Waals surface area (Å²) in [4.78, 5) is 16.0. The minimum atomic E-state index is -0.119. The molecule has 1 aliphatic rings. The molecule has 1 heterocycles. The highest BCUT2D eigenvalue weighted by atomic mass is 16.6. The summed E-state index contributed by atoms with van der Waals surface area (Å²) in [7, 11) is 0. The average Bonchev–Trinajstić information content (AvgIpc) is 2.67. The monoisotopic (exact) mass is 204 g/mol. The quantitative estimate of drug-likeness (QED) is 0.755. The molecule has 1 unspecified atom stereocenters.